The van der Waals surface area contributed by atoms with Crippen molar-refractivity contribution >= 4 is 28.9 Å². The highest BCUT2D eigenvalue weighted by Crippen LogP contribution is 2.28. The van der Waals surface area contributed by atoms with E-state index in [4.69, 9.17) is 5.73 Å². The van der Waals surface area contributed by atoms with E-state index in [0.717, 1.165) is 0 Å². The van der Waals surface area contributed by atoms with Crippen LogP contribution < -0.4 is 16.0 Å². The zero-order valence-electron chi connectivity index (χ0n) is 15.2. The second-order valence-electron chi connectivity index (χ2n) is 6.47. The van der Waals surface area contributed by atoms with Gasteiger partial charge in [0.15, 0.2) is 0 Å². The summed E-state index contributed by atoms with van der Waals surface area (Å²) in [7, 11) is 0. The fourth-order valence-electron chi connectivity index (χ4n) is 3.23. The first-order valence-electron chi connectivity index (χ1n) is 8.85. The SMILES string of the molecule is NC(=O)c1ccccc1NC(=O)CN1CCN(c2ccccc2[N+](=O)[O-])CC1. The lowest BCUT2D eigenvalue weighted by molar-refractivity contribution is -0.384. The Hall–Kier alpha value is -3.46. The van der Waals surface area contributed by atoms with E-state index in [-0.39, 0.29) is 28.6 Å². The lowest BCUT2D eigenvalue weighted by atomic mass is 10.1. The number of amides is 2. The average molecular weight is 383 g/mol. The van der Waals surface area contributed by atoms with Crippen LogP contribution in [0, 0.1) is 10.1 Å². The maximum atomic E-state index is 12.3. The van der Waals surface area contributed by atoms with Crippen LogP contribution >= 0.6 is 0 Å². The molecule has 0 aliphatic carbocycles. The maximum Gasteiger partial charge on any atom is 0.292 e. The molecule has 0 radical (unpaired) electrons. The number of nitrogens with two attached hydrogens (primary N) is 1. The number of para-hydroxylation sites is 3. The summed E-state index contributed by atoms with van der Waals surface area (Å²) in [5.41, 5.74) is 6.64. The molecule has 1 fully saturated rings. The fraction of sp³-hybridized carbons (Fsp3) is 0.263. The first kappa shape index (κ1) is 19.3. The number of nitro groups is 1. The number of carbonyl (C=O) groups excluding carboxylic acids is 2. The van der Waals surface area contributed by atoms with Gasteiger partial charge in [0.05, 0.1) is 22.7 Å². The van der Waals surface area contributed by atoms with Crippen LogP contribution in [0.4, 0.5) is 17.1 Å². The lowest BCUT2D eigenvalue weighted by Crippen LogP contribution is -2.48. The monoisotopic (exact) mass is 383 g/mol. The van der Waals surface area contributed by atoms with Crippen molar-refractivity contribution in [1.29, 1.82) is 0 Å². The second kappa shape index (κ2) is 8.49. The lowest BCUT2D eigenvalue weighted by Gasteiger charge is -2.35. The maximum absolute atomic E-state index is 12.3. The largest absolute Gasteiger partial charge is 0.366 e. The van der Waals surface area contributed by atoms with Crippen LogP contribution in [0.5, 0.6) is 0 Å². The zero-order chi connectivity index (χ0) is 20.1. The molecule has 0 saturated carbocycles. The van der Waals surface area contributed by atoms with E-state index >= 15 is 0 Å². The molecule has 2 aromatic carbocycles. The van der Waals surface area contributed by atoms with Crippen molar-refractivity contribution < 1.29 is 14.5 Å². The summed E-state index contributed by atoms with van der Waals surface area (Å²) in [6.45, 7) is 2.51. The number of hydrogen-bond acceptors (Lipinski definition) is 6. The Bertz CT molecular complexity index is 893. The van der Waals surface area contributed by atoms with Gasteiger partial charge in [-0.05, 0) is 18.2 Å². The van der Waals surface area contributed by atoms with E-state index in [9.17, 15) is 19.7 Å². The minimum absolute atomic E-state index is 0.0803. The molecule has 0 atom stereocenters. The molecule has 9 heteroatoms. The van der Waals surface area contributed by atoms with Crippen molar-refractivity contribution in [2.45, 2.75) is 0 Å². The van der Waals surface area contributed by atoms with Crippen molar-refractivity contribution in [3.05, 3.63) is 64.2 Å². The number of rotatable bonds is 6. The third-order valence-corrected chi connectivity index (χ3v) is 4.63. The number of nitrogens with one attached hydrogen (secondary N) is 1. The fourth-order valence-corrected chi connectivity index (χ4v) is 3.23. The number of benzene rings is 2. The second-order valence-corrected chi connectivity index (χ2v) is 6.47. The summed E-state index contributed by atoms with van der Waals surface area (Å²) < 4.78 is 0. The van der Waals surface area contributed by atoms with Gasteiger partial charge in [-0.25, -0.2) is 0 Å². The third kappa shape index (κ3) is 4.44. The highest BCUT2D eigenvalue weighted by Gasteiger charge is 2.24. The third-order valence-electron chi connectivity index (χ3n) is 4.63. The van der Waals surface area contributed by atoms with Gasteiger partial charge < -0.3 is 16.0 Å². The standard InChI is InChI=1S/C19H21N5O4/c20-19(26)14-5-1-2-6-15(14)21-18(25)13-22-9-11-23(12-10-22)16-7-3-4-8-17(16)24(27)28/h1-8H,9-13H2,(H2,20,26)(H,21,25). The summed E-state index contributed by atoms with van der Waals surface area (Å²) in [6, 6.07) is 13.2. The van der Waals surface area contributed by atoms with Crippen molar-refractivity contribution in [3.8, 4) is 0 Å². The highest BCUT2D eigenvalue weighted by atomic mass is 16.6. The summed E-state index contributed by atoms with van der Waals surface area (Å²) in [4.78, 5) is 38.5. The minimum Gasteiger partial charge on any atom is -0.366 e. The molecule has 1 aliphatic heterocycles. The van der Waals surface area contributed by atoms with E-state index in [0.29, 0.717) is 37.6 Å². The van der Waals surface area contributed by atoms with Crippen molar-refractivity contribution in [2.24, 2.45) is 5.73 Å². The number of hydrogen-bond donors (Lipinski definition) is 2. The molecule has 1 saturated heterocycles. The van der Waals surface area contributed by atoms with Crippen LogP contribution in [0.25, 0.3) is 0 Å². The van der Waals surface area contributed by atoms with Gasteiger partial charge in [-0.15, -0.1) is 0 Å². The van der Waals surface area contributed by atoms with Crippen LogP contribution in [0.3, 0.4) is 0 Å². The number of piperazine rings is 1. The number of anilines is 2. The van der Waals surface area contributed by atoms with E-state index in [1.165, 1.54) is 6.07 Å². The molecule has 0 aromatic heterocycles. The smallest absolute Gasteiger partial charge is 0.292 e. The molecule has 9 nitrogen and oxygen atoms in total. The molecule has 0 spiro atoms. The summed E-state index contributed by atoms with van der Waals surface area (Å²) in [5, 5.41) is 13.9. The van der Waals surface area contributed by atoms with Gasteiger partial charge in [-0.1, -0.05) is 24.3 Å². The Morgan fingerprint density at radius 1 is 1.04 bits per heavy atom. The molecule has 0 bridgehead atoms. The molecule has 28 heavy (non-hydrogen) atoms. The quantitative estimate of drug-likeness (QED) is 0.575. The number of carbonyl (C=O) groups is 2. The van der Waals surface area contributed by atoms with Gasteiger partial charge in [0.1, 0.15) is 5.69 Å². The van der Waals surface area contributed by atoms with Crippen LogP contribution in [-0.2, 0) is 4.79 Å². The van der Waals surface area contributed by atoms with E-state index in [2.05, 4.69) is 5.32 Å². The van der Waals surface area contributed by atoms with Gasteiger partial charge in [-0.2, -0.15) is 0 Å². The Morgan fingerprint density at radius 2 is 1.68 bits per heavy atom. The number of nitrogens with zero attached hydrogens (tertiary/aromatic N) is 3. The first-order chi connectivity index (χ1) is 13.5. The highest BCUT2D eigenvalue weighted by molar-refractivity contribution is 6.03. The predicted octanol–water partition coefficient (Wildman–Crippen LogP) is 1.45. The first-order valence-corrected chi connectivity index (χ1v) is 8.85. The summed E-state index contributed by atoms with van der Waals surface area (Å²) in [5.74, 6) is -0.846. The number of primary amides is 1. The summed E-state index contributed by atoms with van der Waals surface area (Å²) in [6.07, 6.45) is 0. The van der Waals surface area contributed by atoms with E-state index < -0.39 is 5.91 Å². The molecule has 0 unspecified atom stereocenters. The molecule has 2 aromatic rings. The topological polar surface area (TPSA) is 122 Å². The normalized spacial score (nSPS) is 14.5. The van der Waals surface area contributed by atoms with Gasteiger partial charge in [0.2, 0.25) is 5.91 Å². The Balaban J connectivity index is 1.57. The van der Waals surface area contributed by atoms with Crippen LogP contribution in [0.15, 0.2) is 48.5 Å². The van der Waals surface area contributed by atoms with Gasteiger partial charge in [-0.3, -0.25) is 24.6 Å². The zero-order valence-corrected chi connectivity index (χ0v) is 15.2. The molecule has 1 aliphatic rings. The molecule has 2 amide bonds. The van der Waals surface area contributed by atoms with Crippen molar-refractivity contribution in [3.63, 3.8) is 0 Å². The number of nitro benzene ring substituents is 1. The Kier molecular flexibility index (Phi) is 5.85. The average Bonchev–Trinajstić information content (AvgIpc) is 2.68. The molecular weight excluding hydrogens is 362 g/mol. The van der Waals surface area contributed by atoms with Crippen LogP contribution in [0.1, 0.15) is 10.4 Å². The predicted molar refractivity (Wildman–Crippen MR) is 105 cm³/mol. The molecular formula is C19H21N5O4. The van der Waals surface area contributed by atoms with Gasteiger partial charge >= 0.3 is 0 Å². The molecule has 3 rings (SSSR count). The van der Waals surface area contributed by atoms with Crippen LogP contribution in [-0.4, -0.2) is 54.4 Å². The summed E-state index contributed by atoms with van der Waals surface area (Å²) >= 11 is 0. The Labute approximate surface area is 161 Å². The molecule has 3 N–H and O–H groups in total. The van der Waals surface area contributed by atoms with Crippen LogP contribution in [0.2, 0.25) is 0 Å². The van der Waals surface area contributed by atoms with Gasteiger partial charge in [0.25, 0.3) is 11.6 Å². The Morgan fingerprint density at radius 3 is 2.36 bits per heavy atom. The molecule has 1 heterocycles. The van der Waals surface area contributed by atoms with Crippen molar-refractivity contribution in [1.82, 2.24) is 4.90 Å². The van der Waals surface area contributed by atoms with Crippen molar-refractivity contribution in [2.75, 3.05) is 42.9 Å². The molecule has 146 valence electrons. The van der Waals surface area contributed by atoms with Gasteiger partial charge in [0, 0.05) is 32.2 Å². The van der Waals surface area contributed by atoms with E-state index in [1.54, 1.807) is 42.5 Å². The van der Waals surface area contributed by atoms with E-state index in [1.807, 2.05) is 9.80 Å². The minimum atomic E-state index is -0.603.